The Morgan fingerprint density at radius 1 is 1.62 bits per heavy atom. The van der Waals surface area contributed by atoms with Crippen LogP contribution in [0.3, 0.4) is 0 Å². The van der Waals surface area contributed by atoms with E-state index in [1.807, 2.05) is 0 Å². The van der Waals surface area contributed by atoms with Gasteiger partial charge in [-0.1, -0.05) is 23.2 Å². The van der Waals surface area contributed by atoms with Gasteiger partial charge in [-0.05, 0) is 0 Å². The number of hydrogen-bond donors (Lipinski definition) is 2. The number of methoxy groups -OCH3 is 1. The zero-order valence-corrected chi connectivity index (χ0v) is 9.92. The first-order valence-corrected chi connectivity index (χ1v) is 5.03. The highest BCUT2D eigenvalue weighted by atomic mass is 35.5. The number of carbonyl (C=O) groups excluding carboxylic acids is 1. The molecule has 1 unspecified atom stereocenters. The molecule has 0 bridgehead atoms. The number of hydrogen-bond acceptors (Lipinski definition) is 5. The SMILES string of the molecule is COCC(N)C(=O)Nc1ncnc(Cl)c1Cl. The highest BCUT2D eigenvalue weighted by Gasteiger charge is 2.16. The molecule has 0 spiro atoms. The Morgan fingerprint density at radius 3 is 2.94 bits per heavy atom. The predicted molar refractivity (Wildman–Crippen MR) is 60.5 cm³/mol. The van der Waals surface area contributed by atoms with Crippen molar-refractivity contribution < 1.29 is 9.53 Å². The monoisotopic (exact) mass is 264 g/mol. The summed E-state index contributed by atoms with van der Waals surface area (Å²) in [6.07, 6.45) is 1.19. The fourth-order valence-corrected chi connectivity index (χ4v) is 1.18. The minimum absolute atomic E-state index is 0.0623. The van der Waals surface area contributed by atoms with E-state index >= 15 is 0 Å². The largest absolute Gasteiger partial charge is 0.383 e. The quantitative estimate of drug-likeness (QED) is 0.782. The maximum Gasteiger partial charge on any atom is 0.244 e. The van der Waals surface area contributed by atoms with Crippen molar-refractivity contribution in [3.05, 3.63) is 16.5 Å². The summed E-state index contributed by atoms with van der Waals surface area (Å²) in [5.74, 6) is -0.336. The molecule has 0 fully saturated rings. The molecule has 1 rings (SSSR count). The van der Waals surface area contributed by atoms with Crippen LogP contribution in [0.2, 0.25) is 10.2 Å². The van der Waals surface area contributed by atoms with Gasteiger partial charge in [0.25, 0.3) is 0 Å². The second-order valence-corrected chi connectivity index (χ2v) is 3.61. The summed E-state index contributed by atoms with van der Waals surface area (Å²) in [5.41, 5.74) is 5.51. The van der Waals surface area contributed by atoms with Crippen molar-refractivity contribution in [3.8, 4) is 0 Å². The zero-order valence-electron chi connectivity index (χ0n) is 8.41. The van der Waals surface area contributed by atoms with Gasteiger partial charge in [-0.15, -0.1) is 0 Å². The highest BCUT2D eigenvalue weighted by molar-refractivity contribution is 6.42. The second-order valence-electron chi connectivity index (χ2n) is 2.88. The standard InChI is InChI=1S/C8H10Cl2N4O2/c1-16-2-4(11)8(15)14-7-5(9)6(10)12-3-13-7/h3-4H,2,11H2,1H3,(H,12,13,14,15). The van der Waals surface area contributed by atoms with Crippen molar-refractivity contribution in [1.82, 2.24) is 9.97 Å². The number of ether oxygens (including phenoxy) is 1. The summed E-state index contributed by atoms with van der Waals surface area (Å²) < 4.78 is 4.74. The maximum atomic E-state index is 11.5. The van der Waals surface area contributed by atoms with Crippen LogP contribution in [-0.4, -0.2) is 35.6 Å². The molecule has 0 radical (unpaired) electrons. The molecular formula is C8H10Cl2N4O2. The zero-order chi connectivity index (χ0) is 12.1. The van der Waals surface area contributed by atoms with E-state index in [0.29, 0.717) is 0 Å². The Bertz CT molecular complexity index is 388. The molecule has 0 aromatic carbocycles. The smallest absolute Gasteiger partial charge is 0.244 e. The van der Waals surface area contributed by atoms with Gasteiger partial charge in [0.2, 0.25) is 5.91 Å². The van der Waals surface area contributed by atoms with Crippen molar-refractivity contribution in [3.63, 3.8) is 0 Å². The van der Waals surface area contributed by atoms with Crippen LogP contribution in [0.25, 0.3) is 0 Å². The first-order chi connectivity index (χ1) is 7.56. The van der Waals surface area contributed by atoms with Crippen LogP contribution in [0.5, 0.6) is 0 Å². The lowest BCUT2D eigenvalue weighted by molar-refractivity contribution is -0.118. The van der Waals surface area contributed by atoms with Crippen LogP contribution < -0.4 is 11.1 Å². The molecular weight excluding hydrogens is 255 g/mol. The average molecular weight is 265 g/mol. The summed E-state index contributed by atoms with van der Waals surface area (Å²) in [5, 5.41) is 2.56. The van der Waals surface area contributed by atoms with E-state index in [2.05, 4.69) is 15.3 Å². The molecule has 1 atom stereocenters. The molecule has 1 aromatic rings. The summed E-state index contributed by atoms with van der Waals surface area (Å²) >= 11 is 11.4. The van der Waals surface area contributed by atoms with Crippen LogP contribution in [0.4, 0.5) is 5.82 Å². The van der Waals surface area contributed by atoms with Gasteiger partial charge in [0.15, 0.2) is 11.0 Å². The fraction of sp³-hybridized carbons (Fsp3) is 0.375. The summed E-state index contributed by atoms with van der Waals surface area (Å²) in [6.45, 7) is 0.0995. The molecule has 8 heteroatoms. The van der Waals surface area contributed by atoms with Crippen molar-refractivity contribution in [2.75, 3.05) is 19.0 Å². The van der Waals surface area contributed by atoms with Crippen LogP contribution >= 0.6 is 23.2 Å². The lowest BCUT2D eigenvalue weighted by atomic mass is 10.3. The average Bonchev–Trinajstić information content (AvgIpc) is 2.25. The molecule has 0 saturated carbocycles. The number of rotatable bonds is 4. The molecule has 88 valence electrons. The molecule has 16 heavy (non-hydrogen) atoms. The van der Waals surface area contributed by atoms with E-state index < -0.39 is 11.9 Å². The van der Waals surface area contributed by atoms with Crippen molar-refractivity contribution in [2.45, 2.75) is 6.04 Å². The number of carbonyl (C=O) groups is 1. The van der Waals surface area contributed by atoms with E-state index in [1.54, 1.807) is 0 Å². The number of halogens is 2. The fourth-order valence-electron chi connectivity index (χ4n) is 0.900. The van der Waals surface area contributed by atoms with Gasteiger partial charge < -0.3 is 15.8 Å². The van der Waals surface area contributed by atoms with E-state index in [1.165, 1.54) is 13.4 Å². The minimum Gasteiger partial charge on any atom is -0.383 e. The number of nitrogens with zero attached hydrogens (tertiary/aromatic N) is 2. The topological polar surface area (TPSA) is 90.1 Å². The third-order valence-electron chi connectivity index (χ3n) is 1.67. The van der Waals surface area contributed by atoms with Crippen LogP contribution in [-0.2, 0) is 9.53 Å². The summed E-state index contributed by atoms with van der Waals surface area (Å²) in [4.78, 5) is 18.9. The lowest BCUT2D eigenvalue weighted by Gasteiger charge is -2.11. The van der Waals surface area contributed by atoms with E-state index in [9.17, 15) is 4.79 Å². The molecule has 0 aliphatic carbocycles. The molecule has 6 nitrogen and oxygen atoms in total. The van der Waals surface area contributed by atoms with Gasteiger partial charge in [0.05, 0.1) is 6.61 Å². The second kappa shape index (κ2) is 5.95. The Kier molecular flexibility index (Phi) is 4.88. The van der Waals surface area contributed by atoms with Gasteiger partial charge in [-0.3, -0.25) is 4.79 Å². The first kappa shape index (κ1) is 13.1. The molecule has 0 aliphatic rings. The molecule has 1 heterocycles. The molecule has 3 N–H and O–H groups in total. The number of nitrogens with two attached hydrogens (primary N) is 1. The third kappa shape index (κ3) is 3.28. The van der Waals surface area contributed by atoms with E-state index in [-0.39, 0.29) is 22.6 Å². The third-order valence-corrected chi connectivity index (χ3v) is 2.41. The van der Waals surface area contributed by atoms with Gasteiger partial charge in [0, 0.05) is 7.11 Å². The Hall–Kier alpha value is -0.950. The highest BCUT2D eigenvalue weighted by Crippen LogP contribution is 2.25. The van der Waals surface area contributed by atoms with E-state index in [0.717, 1.165) is 0 Å². The number of amides is 1. The van der Waals surface area contributed by atoms with Gasteiger partial charge in [0.1, 0.15) is 17.4 Å². The maximum absolute atomic E-state index is 11.5. The van der Waals surface area contributed by atoms with Crippen molar-refractivity contribution in [2.24, 2.45) is 5.73 Å². The molecule has 1 amide bonds. The number of anilines is 1. The van der Waals surface area contributed by atoms with Crippen LogP contribution in [0.1, 0.15) is 0 Å². The van der Waals surface area contributed by atoms with E-state index in [4.69, 9.17) is 33.7 Å². The molecule has 0 saturated heterocycles. The predicted octanol–water partition coefficient (Wildman–Crippen LogP) is 0.696. The van der Waals surface area contributed by atoms with Gasteiger partial charge in [-0.2, -0.15) is 0 Å². The van der Waals surface area contributed by atoms with Crippen LogP contribution in [0.15, 0.2) is 6.33 Å². The first-order valence-electron chi connectivity index (χ1n) is 4.27. The summed E-state index contributed by atoms with van der Waals surface area (Å²) in [6, 6.07) is -0.796. The Morgan fingerprint density at radius 2 is 2.31 bits per heavy atom. The molecule has 0 aliphatic heterocycles. The van der Waals surface area contributed by atoms with Gasteiger partial charge >= 0.3 is 0 Å². The lowest BCUT2D eigenvalue weighted by Crippen LogP contribution is -2.39. The van der Waals surface area contributed by atoms with Crippen LogP contribution in [0, 0.1) is 0 Å². The summed E-state index contributed by atoms with van der Waals surface area (Å²) in [7, 11) is 1.45. The Labute approximate surface area is 102 Å². The molecule has 1 aromatic heterocycles. The van der Waals surface area contributed by atoms with Gasteiger partial charge in [-0.25, -0.2) is 9.97 Å². The normalized spacial score (nSPS) is 12.2. The number of aromatic nitrogens is 2. The van der Waals surface area contributed by atoms with Crippen molar-refractivity contribution in [1.29, 1.82) is 0 Å². The van der Waals surface area contributed by atoms with Crippen molar-refractivity contribution >= 4 is 34.9 Å². The number of nitrogens with one attached hydrogen (secondary N) is 1. The Balaban J connectivity index is 2.73. The minimum atomic E-state index is -0.796.